The van der Waals surface area contributed by atoms with Gasteiger partial charge in [-0.15, -0.1) is 0 Å². The van der Waals surface area contributed by atoms with Crippen molar-refractivity contribution in [3.8, 4) is 0 Å². The number of likely N-dealkylation sites (tertiary alicyclic amines) is 2. The summed E-state index contributed by atoms with van der Waals surface area (Å²) < 4.78 is 11.1. The Bertz CT molecular complexity index is 2510. The zero-order valence-corrected chi connectivity index (χ0v) is 41.7. The zero-order valence-electron chi connectivity index (χ0n) is 41.7. The molecule has 8 rings (SSSR count). The quantitative estimate of drug-likeness (QED) is 0.0913. The monoisotopic (exact) mass is 970 g/mol. The predicted molar refractivity (Wildman–Crippen MR) is 270 cm³/mol. The molecule has 0 aliphatic carbocycles. The number of carbonyl (C=O) groups excluding carboxylic acids is 4. The molecule has 2 amide bonds. The molecule has 0 radical (unpaired) electrons. The SMILES string of the molecule is CC(C)(C)OC(=O)N1CCC[C@@H]1C(=O)Cc1ccc([C@H]2CC[C@H](c3ccc(CC(=O)[C@@H]4CCCN4C(=O)OC(C)(C)C)c([N+](=O)[O-])c3)N2c2ccc(N3CCC(c4ccccc4)CC3)cc2)cc1[N+](=O)[O-]. The van der Waals surface area contributed by atoms with Gasteiger partial charge in [-0.25, -0.2) is 9.59 Å². The van der Waals surface area contributed by atoms with Crippen LogP contribution in [0.25, 0.3) is 0 Å². The number of ether oxygens (including phenoxy) is 2. The number of nitro benzene ring substituents is 2. The van der Waals surface area contributed by atoms with Crippen LogP contribution in [0, 0.1) is 20.2 Å². The van der Waals surface area contributed by atoms with Crippen molar-refractivity contribution in [1.82, 2.24) is 9.80 Å². The van der Waals surface area contributed by atoms with E-state index in [1.165, 1.54) is 27.5 Å². The van der Waals surface area contributed by atoms with E-state index >= 15 is 0 Å². The summed E-state index contributed by atoms with van der Waals surface area (Å²) in [4.78, 5) is 85.8. The van der Waals surface area contributed by atoms with E-state index in [-0.39, 0.29) is 46.9 Å². The van der Waals surface area contributed by atoms with E-state index in [4.69, 9.17) is 9.47 Å². The van der Waals surface area contributed by atoms with Crippen LogP contribution in [-0.2, 0) is 31.9 Å². The first kappa shape index (κ1) is 50.5. The van der Waals surface area contributed by atoms with Crippen LogP contribution in [0.4, 0.5) is 32.3 Å². The molecule has 71 heavy (non-hydrogen) atoms. The van der Waals surface area contributed by atoms with Crippen molar-refractivity contribution in [2.45, 2.75) is 147 Å². The highest BCUT2D eigenvalue weighted by Crippen LogP contribution is 2.49. The smallest absolute Gasteiger partial charge is 0.410 e. The van der Waals surface area contributed by atoms with E-state index in [0.717, 1.165) is 37.3 Å². The summed E-state index contributed by atoms with van der Waals surface area (Å²) >= 11 is 0. The summed E-state index contributed by atoms with van der Waals surface area (Å²) in [5, 5.41) is 25.6. The molecule has 4 saturated heterocycles. The first-order valence-electron chi connectivity index (χ1n) is 25.0. The first-order valence-corrected chi connectivity index (χ1v) is 25.0. The van der Waals surface area contributed by atoms with Crippen LogP contribution in [0.15, 0.2) is 91.0 Å². The Morgan fingerprint density at radius 3 is 1.41 bits per heavy atom. The van der Waals surface area contributed by atoms with Crippen molar-refractivity contribution >= 4 is 46.5 Å². The molecule has 4 aromatic rings. The fraction of sp³-hybridized carbons (Fsp3) is 0.491. The maximum atomic E-state index is 13.8. The highest BCUT2D eigenvalue weighted by atomic mass is 16.6. The molecule has 0 spiro atoms. The van der Waals surface area contributed by atoms with Crippen LogP contribution in [0.5, 0.6) is 0 Å². The van der Waals surface area contributed by atoms with Crippen LogP contribution < -0.4 is 9.80 Å². The van der Waals surface area contributed by atoms with Gasteiger partial charge in [-0.3, -0.25) is 39.6 Å². The van der Waals surface area contributed by atoms with Crippen LogP contribution in [0.3, 0.4) is 0 Å². The second kappa shape index (κ2) is 20.9. The molecule has 376 valence electrons. The number of amides is 2. The molecule has 0 bridgehead atoms. The van der Waals surface area contributed by atoms with Gasteiger partial charge in [0.2, 0.25) is 0 Å². The number of carbonyl (C=O) groups is 4. The summed E-state index contributed by atoms with van der Waals surface area (Å²) in [6, 6.07) is 26.5. The molecular weight excluding hydrogens is 905 g/mol. The molecule has 4 aliphatic heterocycles. The van der Waals surface area contributed by atoms with E-state index in [1.54, 1.807) is 53.7 Å². The third-order valence-corrected chi connectivity index (χ3v) is 14.3. The Morgan fingerprint density at radius 2 is 0.986 bits per heavy atom. The molecule has 0 unspecified atom stereocenters. The number of nitro groups is 2. The molecule has 16 heteroatoms. The first-order chi connectivity index (χ1) is 33.7. The number of Topliss-reactive ketones (excluding diaryl/α,β-unsaturated/α-hetero) is 2. The summed E-state index contributed by atoms with van der Waals surface area (Å²) in [6.45, 7) is 13.0. The molecule has 16 nitrogen and oxygen atoms in total. The van der Waals surface area contributed by atoms with Crippen molar-refractivity contribution in [2.75, 3.05) is 36.0 Å². The van der Waals surface area contributed by atoms with Gasteiger partial charge in [-0.1, -0.05) is 54.6 Å². The molecule has 4 heterocycles. The lowest BCUT2D eigenvalue weighted by molar-refractivity contribution is -0.385. The third-order valence-electron chi connectivity index (χ3n) is 14.3. The predicted octanol–water partition coefficient (Wildman–Crippen LogP) is 11.0. The lowest BCUT2D eigenvalue weighted by Crippen LogP contribution is -2.43. The number of benzene rings is 4. The van der Waals surface area contributed by atoms with Gasteiger partial charge in [-0.05, 0) is 140 Å². The van der Waals surface area contributed by atoms with Crippen molar-refractivity contribution < 1.29 is 38.5 Å². The van der Waals surface area contributed by atoms with E-state index in [0.29, 0.717) is 68.7 Å². The Balaban J connectivity index is 1.08. The Hall–Kier alpha value is -6.84. The molecule has 4 atom stereocenters. The van der Waals surface area contributed by atoms with Gasteiger partial charge in [0, 0.05) is 73.7 Å². The lowest BCUT2D eigenvalue weighted by Gasteiger charge is -2.35. The highest BCUT2D eigenvalue weighted by Gasteiger charge is 2.41. The standard InChI is InChI=1S/C55H66N6O10/c1-54(2,3)70-52(64)57-28-10-14-46(57)50(62)34-40-18-16-38(32-48(40)60(66)67)44-24-25-45(59(44)43-22-20-42(21-23-43)56-30-26-37(27-31-56)36-12-8-7-9-13-36)39-17-19-41(49(33-39)61(68)69)35-51(63)47-15-11-29-58(47)53(65)71-55(4,5)6/h7-9,12-13,16-23,32-33,37,44-47H,10-11,14-15,24-31,34-35H2,1-6H3/t44-,45-,46-,47+/m1/s1. The zero-order chi connectivity index (χ0) is 50.8. The molecule has 4 aromatic carbocycles. The van der Waals surface area contributed by atoms with Crippen molar-refractivity contribution in [2.24, 2.45) is 0 Å². The summed E-state index contributed by atoms with van der Waals surface area (Å²) in [7, 11) is 0. The largest absolute Gasteiger partial charge is 0.444 e. The number of piperidine rings is 1. The van der Waals surface area contributed by atoms with E-state index in [9.17, 15) is 39.4 Å². The highest BCUT2D eigenvalue weighted by molar-refractivity contribution is 5.91. The Labute approximate surface area is 415 Å². The normalized spacial score (nSPS) is 20.8. The molecule has 4 aliphatic rings. The Morgan fingerprint density at radius 1 is 0.549 bits per heavy atom. The molecule has 0 aromatic heterocycles. The van der Waals surface area contributed by atoms with Gasteiger partial charge in [0.25, 0.3) is 11.4 Å². The fourth-order valence-corrected chi connectivity index (χ4v) is 11.0. The average molecular weight is 971 g/mol. The van der Waals surface area contributed by atoms with E-state index < -0.39 is 57.4 Å². The number of hydrogen-bond donors (Lipinski definition) is 0. The van der Waals surface area contributed by atoms with Crippen molar-refractivity contribution in [1.29, 1.82) is 0 Å². The van der Waals surface area contributed by atoms with Crippen LogP contribution in [0.2, 0.25) is 0 Å². The second-order valence-electron chi connectivity index (χ2n) is 21.4. The van der Waals surface area contributed by atoms with Crippen LogP contribution >= 0.6 is 0 Å². The van der Waals surface area contributed by atoms with Crippen LogP contribution in [-0.4, -0.2) is 92.9 Å². The molecule has 4 fully saturated rings. The van der Waals surface area contributed by atoms with Gasteiger partial charge >= 0.3 is 12.2 Å². The number of ketones is 2. The van der Waals surface area contributed by atoms with Gasteiger partial charge in [0.05, 0.1) is 34.0 Å². The summed E-state index contributed by atoms with van der Waals surface area (Å²) in [5.41, 5.74) is 3.15. The fourth-order valence-electron chi connectivity index (χ4n) is 11.0. The van der Waals surface area contributed by atoms with E-state index in [2.05, 4.69) is 46.2 Å². The topological polar surface area (TPSA) is 186 Å². The van der Waals surface area contributed by atoms with Gasteiger partial charge in [0.1, 0.15) is 11.2 Å². The number of rotatable bonds is 13. The minimum absolute atomic E-state index is 0.201. The number of anilines is 2. The second-order valence-corrected chi connectivity index (χ2v) is 21.4. The van der Waals surface area contributed by atoms with Gasteiger partial charge in [-0.2, -0.15) is 0 Å². The lowest BCUT2D eigenvalue weighted by atomic mass is 9.89. The van der Waals surface area contributed by atoms with Gasteiger partial charge < -0.3 is 19.3 Å². The maximum absolute atomic E-state index is 13.8. The van der Waals surface area contributed by atoms with Crippen molar-refractivity contribution in [3.05, 3.63) is 139 Å². The summed E-state index contributed by atoms with van der Waals surface area (Å²) in [5.74, 6) is -0.109. The third kappa shape index (κ3) is 11.7. The van der Waals surface area contributed by atoms with E-state index in [1.807, 2.05) is 30.3 Å². The number of hydrogen-bond acceptors (Lipinski definition) is 12. The minimum atomic E-state index is -0.753. The maximum Gasteiger partial charge on any atom is 0.410 e. The molecular formula is C55H66N6O10. The van der Waals surface area contributed by atoms with Gasteiger partial charge in [0.15, 0.2) is 11.6 Å². The number of nitrogens with zero attached hydrogens (tertiary/aromatic N) is 6. The Kier molecular flexibility index (Phi) is 14.9. The molecule has 0 N–H and O–H groups in total. The molecule has 0 saturated carbocycles. The average Bonchev–Trinajstić information content (AvgIpc) is 4.13. The minimum Gasteiger partial charge on any atom is -0.444 e. The van der Waals surface area contributed by atoms with Crippen LogP contribution in [0.1, 0.15) is 139 Å². The van der Waals surface area contributed by atoms with Crippen molar-refractivity contribution in [3.63, 3.8) is 0 Å². The summed E-state index contributed by atoms with van der Waals surface area (Å²) in [6.07, 6.45) is 3.62.